The Labute approximate surface area is 110 Å². The Morgan fingerprint density at radius 1 is 1.22 bits per heavy atom. The van der Waals surface area contributed by atoms with Crippen LogP contribution in [-0.4, -0.2) is 15.6 Å². The Morgan fingerprint density at radius 2 is 1.83 bits per heavy atom. The molecule has 2 unspecified atom stereocenters. The van der Waals surface area contributed by atoms with Gasteiger partial charge in [-0.1, -0.05) is 6.07 Å². The predicted molar refractivity (Wildman–Crippen MR) is 68.6 cm³/mol. The molecule has 0 saturated carbocycles. The maximum absolute atomic E-state index is 13.6. The summed E-state index contributed by atoms with van der Waals surface area (Å²) in [7, 11) is 0. The number of rotatable bonds is 1. The first-order valence-corrected chi connectivity index (χ1v) is 7.27. The number of benzene rings is 1. The van der Waals surface area contributed by atoms with Gasteiger partial charge in [-0.2, -0.15) is 11.8 Å². The zero-order chi connectivity index (χ0) is 12.9. The first kappa shape index (κ1) is 12.4. The summed E-state index contributed by atoms with van der Waals surface area (Å²) in [5.41, 5.74) is -0.155. The van der Waals surface area contributed by atoms with E-state index in [1.54, 1.807) is 13.0 Å². The SMILES string of the molecule is Cc1c(C2(O)CC3CCC(C2)S3)ccc(F)c1F. The third-order valence-electron chi connectivity index (χ3n) is 4.17. The molecule has 2 bridgehead atoms. The van der Waals surface area contributed by atoms with Crippen LogP contribution < -0.4 is 0 Å². The Kier molecular flexibility index (Phi) is 2.90. The molecule has 1 aromatic carbocycles. The van der Waals surface area contributed by atoms with Crippen LogP contribution in [0.25, 0.3) is 0 Å². The van der Waals surface area contributed by atoms with Crippen LogP contribution in [0.5, 0.6) is 0 Å². The van der Waals surface area contributed by atoms with E-state index in [1.807, 2.05) is 11.8 Å². The Balaban J connectivity index is 2.01. The van der Waals surface area contributed by atoms with E-state index in [0.717, 1.165) is 18.9 Å². The van der Waals surface area contributed by atoms with Gasteiger partial charge in [-0.25, -0.2) is 8.78 Å². The van der Waals surface area contributed by atoms with Crippen LogP contribution in [0.1, 0.15) is 36.8 Å². The van der Waals surface area contributed by atoms with Crippen molar-refractivity contribution < 1.29 is 13.9 Å². The van der Waals surface area contributed by atoms with Crippen LogP contribution in [0.2, 0.25) is 0 Å². The highest BCUT2D eigenvalue weighted by molar-refractivity contribution is 8.00. The number of fused-ring (bicyclic) bond motifs is 2. The van der Waals surface area contributed by atoms with Crippen molar-refractivity contribution in [2.45, 2.75) is 48.7 Å². The highest BCUT2D eigenvalue weighted by Gasteiger charge is 2.45. The average Bonchev–Trinajstić information content (AvgIpc) is 2.66. The van der Waals surface area contributed by atoms with Crippen LogP contribution in [0.15, 0.2) is 12.1 Å². The van der Waals surface area contributed by atoms with Crippen LogP contribution in [0, 0.1) is 18.6 Å². The lowest BCUT2D eigenvalue weighted by Gasteiger charge is -2.37. The first-order valence-electron chi connectivity index (χ1n) is 6.32. The van der Waals surface area contributed by atoms with Gasteiger partial charge in [0, 0.05) is 10.5 Å². The molecule has 18 heavy (non-hydrogen) atoms. The van der Waals surface area contributed by atoms with Crippen molar-refractivity contribution in [3.8, 4) is 0 Å². The van der Waals surface area contributed by atoms with Crippen LogP contribution >= 0.6 is 11.8 Å². The summed E-state index contributed by atoms with van der Waals surface area (Å²) in [6, 6.07) is 2.67. The van der Waals surface area contributed by atoms with E-state index >= 15 is 0 Å². The van der Waals surface area contributed by atoms with Gasteiger partial charge in [-0.15, -0.1) is 0 Å². The molecule has 2 aliphatic rings. The standard InChI is InChI=1S/C14H16F2OS/c1-8-11(4-5-12(15)13(8)16)14(17)6-9-2-3-10(7-14)18-9/h4-5,9-10,17H,2-3,6-7H2,1H3. The van der Waals surface area contributed by atoms with E-state index in [2.05, 4.69) is 0 Å². The molecular formula is C14H16F2OS. The van der Waals surface area contributed by atoms with Gasteiger partial charge in [0.25, 0.3) is 0 Å². The summed E-state index contributed by atoms with van der Waals surface area (Å²) in [4.78, 5) is 0. The minimum Gasteiger partial charge on any atom is -0.385 e. The molecule has 2 fully saturated rings. The molecule has 0 spiro atoms. The lowest BCUT2D eigenvalue weighted by Crippen LogP contribution is -2.35. The normalized spacial score (nSPS) is 34.9. The lowest BCUT2D eigenvalue weighted by molar-refractivity contribution is 0.0186. The largest absolute Gasteiger partial charge is 0.385 e. The molecule has 0 aromatic heterocycles. The molecule has 2 saturated heterocycles. The molecule has 0 amide bonds. The van der Waals surface area contributed by atoms with Crippen molar-refractivity contribution in [2.24, 2.45) is 0 Å². The van der Waals surface area contributed by atoms with Crippen LogP contribution in [0.4, 0.5) is 8.78 Å². The van der Waals surface area contributed by atoms with E-state index in [9.17, 15) is 13.9 Å². The van der Waals surface area contributed by atoms with Crippen molar-refractivity contribution in [3.63, 3.8) is 0 Å². The highest BCUT2D eigenvalue weighted by atomic mass is 32.2. The number of aliphatic hydroxyl groups is 1. The second-order valence-corrected chi connectivity index (χ2v) is 7.04. The van der Waals surface area contributed by atoms with Gasteiger partial charge in [0.2, 0.25) is 0 Å². The molecule has 0 aliphatic carbocycles. The molecule has 1 aromatic rings. The first-order chi connectivity index (χ1) is 8.49. The summed E-state index contributed by atoms with van der Waals surface area (Å²) < 4.78 is 26.8. The smallest absolute Gasteiger partial charge is 0.162 e. The fraction of sp³-hybridized carbons (Fsp3) is 0.571. The van der Waals surface area contributed by atoms with Gasteiger partial charge in [-0.05, 0) is 49.8 Å². The molecule has 1 N–H and O–H groups in total. The van der Waals surface area contributed by atoms with E-state index < -0.39 is 17.2 Å². The third-order valence-corrected chi connectivity index (χ3v) is 5.74. The highest BCUT2D eigenvalue weighted by Crippen LogP contribution is 2.51. The molecule has 2 atom stereocenters. The molecule has 1 nitrogen and oxygen atoms in total. The van der Waals surface area contributed by atoms with Gasteiger partial charge in [0.1, 0.15) is 0 Å². The zero-order valence-corrected chi connectivity index (χ0v) is 11.1. The Hall–Kier alpha value is -0.610. The topological polar surface area (TPSA) is 20.2 Å². The van der Waals surface area contributed by atoms with E-state index in [0.29, 0.717) is 28.9 Å². The van der Waals surface area contributed by atoms with Crippen molar-refractivity contribution in [2.75, 3.05) is 0 Å². The summed E-state index contributed by atoms with van der Waals surface area (Å²) in [6.07, 6.45) is 3.56. The molecule has 2 aliphatic heterocycles. The summed E-state index contributed by atoms with van der Waals surface area (Å²) in [6.45, 7) is 1.55. The van der Waals surface area contributed by atoms with Crippen molar-refractivity contribution in [1.29, 1.82) is 0 Å². The maximum atomic E-state index is 13.6. The molecule has 2 heterocycles. The quantitative estimate of drug-likeness (QED) is 0.842. The lowest BCUT2D eigenvalue weighted by atomic mass is 9.83. The monoisotopic (exact) mass is 270 g/mol. The second kappa shape index (κ2) is 4.20. The molecule has 98 valence electrons. The summed E-state index contributed by atoms with van der Waals surface area (Å²) in [5, 5.41) is 11.7. The van der Waals surface area contributed by atoms with E-state index in [-0.39, 0.29) is 5.56 Å². The van der Waals surface area contributed by atoms with Crippen LogP contribution in [-0.2, 0) is 5.60 Å². The molecule has 4 heteroatoms. The fourth-order valence-corrected chi connectivity index (χ4v) is 5.13. The zero-order valence-electron chi connectivity index (χ0n) is 10.2. The fourth-order valence-electron chi connectivity index (χ4n) is 3.29. The minimum absolute atomic E-state index is 0.254. The minimum atomic E-state index is -0.976. The van der Waals surface area contributed by atoms with Gasteiger partial charge >= 0.3 is 0 Å². The van der Waals surface area contributed by atoms with E-state index in [1.165, 1.54) is 0 Å². The van der Waals surface area contributed by atoms with Gasteiger partial charge in [-0.3, -0.25) is 0 Å². The molecular weight excluding hydrogens is 254 g/mol. The van der Waals surface area contributed by atoms with Gasteiger partial charge < -0.3 is 5.11 Å². The average molecular weight is 270 g/mol. The van der Waals surface area contributed by atoms with Gasteiger partial charge in [0.15, 0.2) is 11.6 Å². The Bertz CT molecular complexity index is 477. The third kappa shape index (κ3) is 1.86. The van der Waals surface area contributed by atoms with Crippen molar-refractivity contribution in [3.05, 3.63) is 34.9 Å². The molecule has 0 radical (unpaired) electrons. The van der Waals surface area contributed by atoms with Crippen LogP contribution in [0.3, 0.4) is 0 Å². The summed E-state index contributed by atoms with van der Waals surface area (Å²) in [5.74, 6) is -1.67. The number of thioether (sulfide) groups is 1. The summed E-state index contributed by atoms with van der Waals surface area (Å²) >= 11 is 1.93. The van der Waals surface area contributed by atoms with Gasteiger partial charge in [0.05, 0.1) is 5.60 Å². The van der Waals surface area contributed by atoms with Crippen molar-refractivity contribution >= 4 is 11.8 Å². The predicted octanol–water partition coefficient (Wildman–Crippen LogP) is 3.52. The molecule has 3 rings (SSSR count). The number of hydrogen-bond donors (Lipinski definition) is 1. The maximum Gasteiger partial charge on any atom is 0.162 e. The Morgan fingerprint density at radius 3 is 2.44 bits per heavy atom. The second-order valence-electron chi connectivity index (χ2n) is 5.43. The number of hydrogen-bond acceptors (Lipinski definition) is 2. The number of halogens is 2. The van der Waals surface area contributed by atoms with E-state index in [4.69, 9.17) is 0 Å². The van der Waals surface area contributed by atoms with Crippen molar-refractivity contribution in [1.82, 2.24) is 0 Å².